The van der Waals surface area contributed by atoms with Crippen molar-refractivity contribution in [1.82, 2.24) is 5.32 Å². The summed E-state index contributed by atoms with van der Waals surface area (Å²) in [6.07, 6.45) is 3.56. The summed E-state index contributed by atoms with van der Waals surface area (Å²) in [5, 5.41) is 3.40. The van der Waals surface area contributed by atoms with E-state index in [1.807, 2.05) is 6.92 Å². The molecule has 0 bridgehead atoms. The van der Waals surface area contributed by atoms with Crippen molar-refractivity contribution < 1.29 is 9.53 Å². The third kappa shape index (κ3) is 3.11. The molecule has 0 spiro atoms. The van der Waals surface area contributed by atoms with Gasteiger partial charge in [0.15, 0.2) is 0 Å². The van der Waals surface area contributed by atoms with Crippen LogP contribution in [0.1, 0.15) is 53.4 Å². The summed E-state index contributed by atoms with van der Waals surface area (Å²) >= 11 is 0. The van der Waals surface area contributed by atoms with Crippen LogP contribution >= 0.6 is 0 Å². The molecule has 96 valence electrons. The van der Waals surface area contributed by atoms with Crippen LogP contribution in [-0.4, -0.2) is 12.6 Å². The van der Waals surface area contributed by atoms with Crippen LogP contribution in [0.3, 0.4) is 0 Å². The van der Waals surface area contributed by atoms with Crippen molar-refractivity contribution in [2.24, 2.45) is 0 Å². The minimum atomic E-state index is -0.169. The topological polar surface area (TPSA) is 38.3 Å². The highest BCUT2D eigenvalue weighted by molar-refractivity contribution is 5.90. The van der Waals surface area contributed by atoms with Crippen LogP contribution in [0.15, 0.2) is 22.5 Å². The number of hydrogen-bond acceptors (Lipinski definition) is 3. The number of esters is 1. The fraction of sp³-hybridized carbons (Fsp3) is 0.643. The van der Waals surface area contributed by atoms with Gasteiger partial charge < -0.3 is 10.1 Å². The molecule has 1 rings (SSSR count). The summed E-state index contributed by atoms with van der Waals surface area (Å²) in [7, 11) is 0. The predicted octanol–water partition coefficient (Wildman–Crippen LogP) is 3.28. The lowest BCUT2D eigenvalue weighted by atomic mass is 9.94. The SMILES string of the molecule is CCOC(=O)C1=C(CC)NC(CC)=C(CC)C1. The number of carbonyl (C=O) groups excluding carboxylic acids is 1. The van der Waals surface area contributed by atoms with Crippen molar-refractivity contribution >= 4 is 5.97 Å². The second-order valence-corrected chi connectivity index (χ2v) is 4.12. The van der Waals surface area contributed by atoms with Crippen molar-refractivity contribution in [3.63, 3.8) is 0 Å². The van der Waals surface area contributed by atoms with Crippen LogP contribution < -0.4 is 5.32 Å². The Hall–Kier alpha value is -1.25. The second kappa shape index (κ2) is 6.48. The summed E-state index contributed by atoms with van der Waals surface area (Å²) in [6.45, 7) is 8.61. The maximum Gasteiger partial charge on any atom is 0.336 e. The summed E-state index contributed by atoms with van der Waals surface area (Å²) in [6, 6.07) is 0. The van der Waals surface area contributed by atoms with E-state index < -0.39 is 0 Å². The molecular weight excluding hydrogens is 214 g/mol. The van der Waals surface area contributed by atoms with Crippen LogP contribution in [0.5, 0.6) is 0 Å². The van der Waals surface area contributed by atoms with Gasteiger partial charge in [0, 0.05) is 17.8 Å². The molecule has 0 amide bonds. The summed E-state index contributed by atoms with van der Waals surface area (Å²) in [4.78, 5) is 11.9. The number of ether oxygens (including phenoxy) is 1. The molecule has 0 unspecified atom stereocenters. The van der Waals surface area contributed by atoms with E-state index in [9.17, 15) is 4.79 Å². The molecule has 0 aliphatic carbocycles. The van der Waals surface area contributed by atoms with Crippen LogP contribution in [-0.2, 0) is 9.53 Å². The van der Waals surface area contributed by atoms with Crippen molar-refractivity contribution in [3.8, 4) is 0 Å². The Morgan fingerprint density at radius 1 is 1.12 bits per heavy atom. The number of carbonyl (C=O) groups is 1. The standard InChI is InChI=1S/C14H23NO2/c1-5-10-9-11(14(16)17-8-4)13(7-3)15-12(10)6-2/h15H,5-9H2,1-4H3. The third-order valence-corrected chi connectivity index (χ3v) is 3.14. The van der Waals surface area contributed by atoms with Crippen LogP contribution in [0, 0.1) is 0 Å². The largest absolute Gasteiger partial charge is 0.463 e. The van der Waals surface area contributed by atoms with Gasteiger partial charge in [0.05, 0.1) is 12.2 Å². The Morgan fingerprint density at radius 3 is 2.24 bits per heavy atom. The van der Waals surface area contributed by atoms with Gasteiger partial charge in [0.2, 0.25) is 0 Å². The van der Waals surface area contributed by atoms with Crippen LogP contribution in [0.25, 0.3) is 0 Å². The van der Waals surface area contributed by atoms with Gasteiger partial charge in [-0.15, -0.1) is 0 Å². The van der Waals surface area contributed by atoms with E-state index in [4.69, 9.17) is 4.74 Å². The highest BCUT2D eigenvalue weighted by Crippen LogP contribution is 2.28. The van der Waals surface area contributed by atoms with Crippen LogP contribution in [0.4, 0.5) is 0 Å². The Bertz CT molecular complexity index is 353. The molecule has 1 aliphatic rings. The minimum Gasteiger partial charge on any atom is -0.463 e. The van der Waals surface area contributed by atoms with E-state index in [1.165, 1.54) is 11.3 Å². The summed E-state index contributed by atoms with van der Waals surface area (Å²) in [5.74, 6) is -0.169. The zero-order chi connectivity index (χ0) is 12.8. The molecule has 0 aromatic carbocycles. The first-order valence-corrected chi connectivity index (χ1v) is 6.54. The first kappa shape index (κ1) is 13.8. The lowest BCUT2D eigenvalue weighted by molar-refractivity contribution is -0.138. The Morgan fingerprint density at radius 2 is 1.76 bits per heavy atom. The summed E-state index contributed by atoms with van der Waals surface area (Å²) in [5.41, 5.74) is 4.44. The fourth-order valence-electron chi connectivity index (χ4n) is 2.16. The molecule has 1 aliphatic heterocycles. The molecule has 0 saturated heterocycles. The van der Waals surface area contributed by atoms with Gasteiger partial charge in [0.25, 0.3) is 0 Å². The molecule has 0 fully saturated rings. The van der Waals surface area contributed by atoms with Gasteiger partial charge >= 0.3 is 5.97 Å². The molecule has 3 nitrogen and oxygen atoms in total. The monoisotopic (exact) mass is 237 g/mol. The zero-order valence-corrected chi connectivity index (χ0v) is 11.4. The first-order chi connectivity index (χ1) is 8.17. The molecule has 0 radical (unpaired) electrons. The van der Waals surface area contributed by atoms with Gasteiger partial charge in [-0.25, -0.2) is 4.79 Å². The quantitative estimate of drug-likeness (QED) is 0.746. The molecular formula is C14H23NO2. The van der Waals surface area contributed by atoms with E-state index in [1.54, 1.807) is 0 Å². The third-order valence-electron chi connectivity index (χ3n) is 3.14. The molecule has 1 heterocycles. The molecule has 0 aromatic rings. The van der Waals surface area contributed by atoms with E-state index in [2.05, 4.69) is 26.1 Å². The fourth-order valence-corrected chi connectivity index (χ4v) is 2.16. The smallest absolute Gasteiger partial charge is 0.336 e. The van der Waals surface area contributed by atoms with Gasteiger partial charge in [-0.05, 0) is 31.8 Å². The van der Waals surface area contributed by atoms with Gasteiger partial charge in [-0.3, -0.25) is 0 Å². The van der Waals surface area contributed by atoms with Crippen molar-refractivity contribution in [2.45, 2.75) is 53.4 Å². The number of rotatable bonds is 5. The highest BCUT2D eigenvalue weighted by Gasteiger charge is 2.23. The first-order valence-electron chi connectivity index (χ1n) is 6.54. The van der Waals surface area contributed by atoms with E-state index in [-0.39, 0.29) is 5.97 Å². The maximum atomic E-state index is 11.9. The molecule has 0 aromatic heterocycles. The number of allylic oxidation sites excluding steroid dienone is 3. The molecule has 1 N–H and O–H groups in total. The van der Waals surface area contributed by atoms with Crippen molar-refractivity contribution in [1.29, 1.82) is 0 Å². The molecule has 3 heteroatoms. The lowest BCUT2D eigenvalue weighted by Gasteiger charge is -2.25. The highest BCUT2D eigenvalue weighted by atomic mass is 16.5. The van der Waals surface area contributed by atoms with Crippen molar-refractivity contribution in [2.75, 3.05) is 6.61 Å². The number of dihydropyridines is 1. The number of hydrogen-bond donors (Lipinski definition) is 1. The van der Waals surface area contributed by atoms with Crippen LogP contribution in [0.2, 0.25) is 0 Å². The Labute approximate surface area is 104 Å². The minimum absolute atomic E-state index is 0.169. The molecule has 0 atom stereocenters. The Kier molecular flexibility index (Phi) is 5.26. The zero-order valence-electron chi connectivity index (χ0n) is 11.4. The van der Waals surface area contributed by atoms with E-state index >= 15 is 0 Å². The Balaban J connectivity index is 2.95. The number of nitrogens with one attached hydrogen (secondary N) is 1. The second-order valence-electron chi connectivity index (χ2n) is 4.12. The van der Waals surface area contributed by atoms with Gasteiger partial charge in [0.1, 0.15) is 0 Å². The lowest BCUT2D eigenvalue weighted by Crippen LogP contribution is -2.25. The predicted molar refractivity (Wildman–Crippen MR) is 69.3 cm³/mol. The van der Waals surface area contributed by atoms with Crippen molar-refractivity contribution in [3.05, 3.63) is 22.5 Å². The van der Waals surface area contributed by atoms with Gasteiger partial charge in [-0.1, -0.05) is 20.8 Å². The summed E-state index contributed by atoms with van der Waals surface area (Å²) < 4.78 is 5.12. The molecule has 0 saturated carbocycles. The molecule has 17 heavy (non-hydrogen) atoms. The van der Waals surface area contributed by atoms with Gasteiger partial charge in [-0.2, -0.15) is 0 Å². The average molecular weight is 237 g/mol. The maximum absolute atomic E-state index is 11.9. The normalized spacial score (nSPS) is 16.0. The van der Waals surface area contributed by atoms with E-state index in [0.29, 0.717) is 6.61 Å². The van der Waals surface area contributed by atoms with E-state index in [0.717, 1.165) is 37.0 Å². The average Bonchev–Trinajstić information content (AvgIpc) is 2.37.